The molecule has 35 heavy (non-hydrogen) atoms. The Morgan fingerprint density at radius 3 is 2.80 bits per heavy atom. The highest BCUT2D eigenvalue weighted by atomic mass is 16.1. The maximum Gasteiger partial charge on any atom is 0.274 e. The zero-order valence-electron chi connectivity index (χ0n) is 24.5. The summed E-state index contributed by atoms with van der Waals surface area (Å²) in [6.45, 7) is 4.36. The molecule has 0 saturated carbocycles. The smallest absolute Gasteiger partial charge is 0.274 e. The lowest BCUT2D eigenvalue weighted by molar-refractivity contribution is 0.102. The lowest BCUT2D eigenvalue weighted by atomic mass is 10.0. The number of likely N-dealkylation sites (tertiary alicyclic amines) is 1. The van der Waals surface area contributed by atoms with Crippen LogP contribution in [-0.2, 0) is 6.54 Å². The van der Waals surface area contributed by atoms with Crippen molar-refractivity contribution in [3.63, 3.8) is 0 Å². The lowest BCUT2D eigenvalue weighted by Gasteiger charge is -2.30. The van der Waals surface area contributed by atoms with Gasteiger partial charge in [-0.25, -0.2) is 4.98 Å². The molecule has 2 aromatic heterocycles. The number of hydrogen-bond donors (Lipinski definition) is 2. The van der Waals surface area contributed by atoms with Gasteiger partial charge in [-0.1, -0.05) is 30.2 Å². The Hall–Kier alpha value is -3.81. The Balaban J connectivity index is 1.46. The second kappa shape index (κ2) is 10.2. The van der Waals surface area contributed by atoms with Crippen LogP contribution in [0.25, 0.3) is 16.8 Å². The van der Waals surface area contributed by atoms with E-state index < -0.39 is 24.0 Å². The summed E-state index contributed by atoms with van der Waals surface area (Å²) in [5, 5.41) is 2.93. The van der Waals surface area contributed by atoms with Gasteiger partial charge in [0.05, 0.1) is 18.9 Å². The van der Waals surface area contributed by atoms with E-state index in [1.807, 2.05) is 29.8 Å². The fourth-order valence-corrected chi connectivity index (χ4v) is 4.34. The Morgan fingerprint density at radius 2 is 2.03 bits per heavy atom. The van der Waals surface area contributed by atoms with Gasteiger partial charge < -0.3 is 15.6 Å². The van der Waals surface area contributed by atoms with E-state index in [2.05, 4.69) is 26.3 Å². The summed E-state index contributed by atoms with van der Waals surface area (Å²) in [6, 6.07) is 6.91. The number of amides is 1. The molecule has 1 atom stereocenters. The number of carbonyl (C=O) groups is 1. The van der Waals surface area contributed by atoms with Crippen LogP contribution in [0.15, 0.2) is 79.3 Å². The van der Waals surface area contributed by atoms with Crippen molar-refractivity contribution < 1.29 is 11.6 Å². The Labute approximate surface area is 212 Å². The molecule has 3 heterocycles. The van der Waals surface area contributed by atoms with E-state index in [-0.39, 0.29) is 29.4 Å². The molecule has 0 bridgehead atoms. The number of nitrogens with two attached hydrogens (primary N) is 1. The van der Waals surface area contributed by atoms with E-state index in [0.717, 1.165) is 42.9 Å². The lowest BCUT2D eigenvalue weighted by Crippen LogP contribution is -2.42. The predicted molar refractivity (Wildman–Crippen MR) is 138 cm³/mol. The summed E-state index contributed by atoms with van der Waals surface area (Å²) in [4.78, 5) is 24.2. The number of aryl methyl sites for hydroxylation is 1. The second-order valence-corrected chi connectivity index (χ2v) is 8.83. The molecule has 1 aliphatic rings. The Morgan fingerprint density at radius 1 is 1.17 bits per heavy atom. The van der Waals surface area contributed by atoms with Crippen LogP contribution < -0.4 is 11.1 Å². The second-order valence-electron chi connectivity index (χ2n) is 8.83. The van der Waals surface area contributed by atoms with Crippen LogP contribution in [0.3, 0.4) is 0 Å². The van der Waals surface area contributed by atoms with Gasteiger partial charge in [0, 0.05) is 42.9 Å². The van der Waals surface area contributed by atoms with Crippen molar-refractivity contribution in [3.8, 4) is 16.8 Å². The monoisotopic (exact) mass is 471 g/mol. The maximum absolute atomic E-state index is 13.3. The first kappa shape index (κ1) is 17.6. The van der Waals surface area contributed by atoms with E-state index in [1.165, 1.54) is 18.3 Å². The molecule has 1 fully saturated rings. The molecule has 7 heteroatoms. The highest BCUT2D eigenvalue weighted by Gasteiger charge is 2.18. The van der Waals surface area contributed by atoms with E-state index in [0.29, 0.717) is 17.8 Å². The molecule has 1 amide bonds. The minimum absolute atomic E-state index is 0.0157. The van der Waals surface area contributed by atoms with Crippen molar-refractivity contribution in [2.75, 3.05) is 18.4 Å². The molecule has 0 spiro atoms. The van der Waals surface area contributed by atoms with E-state index in [4.69, 9.17) is 12.6 Å². The molecule has 2 aromatic carbocycles. The first-order valence-electron chi connectivity index (χ1n) is 14.1. The summed E-state index contributed by atoms with van der Waals surface area (Å²) in [5.41, 5.74) is 9.85. The predicted octanol–water partition coefficient (Wildman–Crippen LogP) is 4.42. The molecule has 3 N–H and O–H groups in total. The average Bonchev–Trinajstić information content (AvgIpc) is 3.37. The Kier molecular flexibility index (Phi) is 5.13. The van der Waals surface area contributed by atoms with Gasteiger partial charge >= 0.3 is 0 Å². The summed E-state index contributed by atoms with van der Waals surface area (Å²) < 4.78 is 42.2. The van der Waals surface area contributed by atoms with Gasteiger partial charge in [-0.3, -0.25) is 14.7 Å². The van der Waals surface area contributed by atoms with E-state index in [1.54, 1.807) is 6.33 Å². The SMILES string of the molecule is [2H]c1c([2H])c([2H])c(-c2ccnc(C(=O)Nc3cc(CN4CCC[C@H](N)C4)cc(-n4cnc(C)c4)c3)c2)c([2H])c1[2H]. The molecule has 7 nitrogen and oxygen atoms in total. The molecule has 178 valence electrons. The first-order chi connectivity index (χ1) is 19.1. The quantitative estimate of drug-likeness (QED) is 0.435. The summed E-state index contributed by atoms with van der Waals surface area (Å²) in [6.07, 6.45) is 7.08. The third kappa shape index (κ3) is 5.65. The Bertz CT molecular complexity index is 1560. The van der Waals surface area contributed by atoms with Crippen molar-refractivity contribution in [1.82, 2.24) is 19.4 Å². The van der Waals surface area contributed by atoms with Crippen LogP contribution in [0.2, 0.25) is 0 Å². The summed E-state index contributed by atoms with van der Waals surface area (Å²) in [5.74, 6) is -0.487. The van der Waals surface area contributed by atoms with Gasteiger partial charge in [0.15, 0.2) is 0 Å². The van der Waals surface area contributed by atoms with E-state index in [9.17, 15) is 4.79 Å². The zero-order valence-corrected chi connectivity index (χ0v) is 19.5. The first-order valence-corrected chi connectivity index (χ1v) is 11.6. The standard InChI is InChI=1S/C28H30N6O/c1-20-16-34(19-31-20)26-13-21(17-33-11-5-8-24(29)18-33)12-25(15-26)32-28(35)27-14-23(9-10-30-27)22-6-3-2-4-7-22/h2-4,6-7,9-10,12-16,19,24H,5,8,11,17-18,29H2,1H3,(H,32,35)/t24-/m0/s1/i2D,3D,4D,6D,7D. The van der Waals surface area contributed by atoms with Gasteiger partial charge in [0.2, 0.25) is 0 Å². The number of nitrogens with zero attached hydrogens (tertiary/aromatic N) is 4. The van der Waals surface area contributed by atoms with Crippen LogP contribution in [0.5, 0.6) is 0 Å². The van der Waals surface area contributed by atoms with Crippen molar-refractivity contribution in [1.29, 1.82) is 0 Å². The third-order valence-electron chi connectivity index (χ3n) is 5.97. The molecule has 4 aromatic rings. The van der Waals surface area contributed by atoms with Crippen LogP contribution in [0, 0.1) is 6.92 Å². The molecular formula is C28H30N6O. The minimum atomic E-state index is -0.487. The molecular weight excluding hydrogens is 436 g/mol. The van der Waals surface area contributed by atoms with Crippen molar-refractivity contribution >= 4 is 11.6 Å². The van der Waals surface area contributed by atoms with Gasteiger partial charge in [-0.15, -0.1) is 0 Å². The molecule has 0 aliphatic carbocycles. The number of rotatable bonds is 6. The highest BCUT2D eigenvalue weighted by molar-refractivity contribution is 6.03. The van der Waals surface area contributed by atoms with Gasteiger partial charge in [0.25, 0.3) is 5.91 Å². The summed E-state index contributed by atoms with van der Waals surface area (Å²) in [7, 11) is 0. The maximum atomic E-state index is 13.3. The highest BCUT2D eigenvalue weighted by Crippen LogP contribution is 2.23. The number of aromatic nitrogens is 3. The number of pyridine rings is 1. The molecule has 1 saturated heterocycles. The number of piperidine rings is 1. The molecule has 0 unspecified atom stereocenters. The number of hydrogen-bond acceptors (Lipinski definition) is 5. The van der Waals surface area contributed by atoms with Crippen LogP contribution in [0.1, 0.15) is 41.4 Å². The molecule has 0 radical (unpaired) electrons. The van der Waals surface area contributed by atoms with Crippen LogP contribution in [0.4, 0.5) is 5.69 Å². The largest absolute Gasteiger partial charge is 0.327 e. The van der Waals surface area contributed by atoms with E-state index >= 15 is 0 Å². The number of anilines is 1. The summed E-state index contributed by atoms with van der Waals surface area (Å²) >= 11 is 0. The molecule has 5 rings (SSSR count). The van der Waals surface area contributed by atoms with Crippen molar-refractivity contribution in [3.05, 3.63) is 96.2 Å². The molecule has 1 aliphatic heterocycles. The number of carbonyl (C=O) groups excluding carboxylic acids is 1. The van der Waals surface area contributed by atoms with Gasteiger partial charge in [0.1, 0.15) is 5.69 Å². The average molecular weight is 472 g/mol. The topological polar surface area (TPSA) is 89.1 Å². The third-order valence-corrected chi connectivity index (χ3v) is 5.97. The van der Waals surface area contributed by atoms with Gasteiger partial charge in [-0.2, -0.15) is 0 Å². The minimum Gasteiger partial charge on any atom is -0.327 e. The van der Waals surface area contributed by atoms with Gasteiger partial charge in [-0.05, 0) is 73.3 Å². The number of benzene rings is 2. The number of nitrogens with one attached hydrogen (secondary N) is 1. The fraction of sp³-hybridized carbons (Fsp3) is 0.250. The van der Waals surface area contributed by atoms with Crippen molar-refractivity contribution in [2.24, 2.45) is 5.73 Å². The number of imidazole rings is 1. The normalized spacial score (nSPS) is 18.2. The fourth-order valence-electron chi connectivity index (χ4n) is 4.34. The van der Waals surface area contributed by atoms with Crippen LogP contribution >= 0.6 is 0 Å². The van der Waals surface area contributed by atoms with Crippen LogP contribution in [-0.4, -0.2) is 44.5 Å². The zero-order chi connectivity index (χ0) is 28.6. The van der Waals surface area contributed by atoms with Crippen molar-refractivity contribution in [2.45, 2.75) is 32.4 Å².